The average Bonchev–Trinajstić information content (AvgIpc) is 3.17. The number of alkyl halides is 2. The van der Waals surface area contributed by atoms with Crippen molar-refractivity contribution in [1.29, 1.82) is 0 Å². The molecule has 1 heterocycles. The van der Waals surface area contributed by atoms with Gasteiger partial charge in [-0.3, -0.25) is 19.7 Å². The Morgan fingerprint density at radius 2 is 2.00 bits per heavy atom. The zero-order valence-corrected chi connectivity index (χ0v) is 18.4. The van der Waals surface area contributed by atoms with Gasteiger partial charge in [0.15, 0.2) is 0 Å². The van der Waals surface area contributed by atoms with Crippen LogP contribution in [0.3, 0.4) is 0 Å². The maximum absolute atomic E-state index is 13.8. The highest BCUT2D eigenvalue weighted by Gasteiger charge is 2.55. The first-order valence-electron chi connectivity index (χ1n) is 11.1. The largest absolute Gasteiger partial charge is 0.391 e. The van der Waals surface area contributed by atoms with Gasteiger partial charge < -0.3 is 20.5 Å². The summed E-state index contributed by atoms with van der Waals surface area (Å²) in [6.45, 7) is 1.67. The second-order valence-corrected chi connectivity index (χ2v) is 10.0. The number of halogens is 2. The fraction of sp³-hybridized carbons (Fsp3) is 0.900. The molecule has 1 aliphatic heterocycles. The van der Waals surface area contributed by atoms with Crippen LogP contribution in [-0.4, -0.2) is 70.8 Å². The second kappa shape index (κ2) is 9.07. The molecule has 5 unspecified atom stereocenters. The molecule has 4 aliphatic carbocycles. The van der Waals surface area contributed by atoms with E-state index < -0.39 is 35.0 Å². The second-order valence-electron chi connectivity index (χ2n) is 9.48. The zero-order valence-electron chi connectivity index (χ0n) is 17.7. The number of rotatable bonds is 6. The SMILES string of the molecule is CC1NOC(C(=O)NC23CCC(NC(=O)COC4CCC(Cl)C(F)C4)(CC2)[C@@H](O)C3)N1. The summed E-state index contributed by atoms with van der Waals surface area (Å²) < 4.78 is 19.4. The molecule has 0 aromatic carbocycles. The van der Waals surface area contributed by atoms with Crippen LogP contribution in [0.2, 0.25) is 0 Å². The summed E-state index contributed by atoms with van der Waals surface area (Å²) in [6.07, 6.45) is 1.01. The molecule has 0 spiro atoms. The lowest BCUT2D eigenvalue weighted by atomic mass is 9.60. The molecule has 1 saturated heterocycles. The molecule has 11 heteroatoms. The Morgan fingerprint density at radius 3 is 2.61 bits per heavy atom. The summed E-state index contributed by atoms with van der Waals surface area (Å²) in [7, 11) is 0. The number of hydroxylamine groups is 1. The lowest BCUT2D eigenvalue weighted by Gasteiger charge is -2.56. The van der Waals surface area contributed by atoms with Crippen LogP contribution in [0.5, 0.6) is 0 Å². The Bertz CT molecular complexity index is 692. The number of hydrogen-bond acceptors (Lipinski definition) is 7. The van der Waals surface area contributed by atoms with Gasteiger partial charge in [0.05, 0.1) is 29.3 Å². The topological polar surface area (TPSA) is 121 Å². The number of aliphatic hydroxyl groups excluding tert-OH is 1. The maximum atomic E-state index is 13.8. The molecule has 5 N–H and O–H groups in total. The van der Waals surface area contributed by atoms with Gasteiger partial charge in [-0.25, -0.2) is 4.39 Å². The fourth-order valence-electron chi connectivity index (χ4n) is 5.28. The predicted octanol–water partition coefficient (Wildman–Crippen LogP) is 0.346. The van der Waals surface area contributed by atoms with Crippen molar-refractivity contribution in [2.45, 2.75) is 106 Å². The number of carbonyl (C=O) groups excluding carboxylic acids is 2. The Hall–Kier alpha value is -1.04. The summed E-state index contributed by atoms with van der Waals surface area (Å²) in [5.74, 6) is -0.585. The maximum Gasteiger partial charge on any atom is 0.266 e. The highest BCUT2D eigenvalue weighted by atomic mass is 35.5. The van der Waals surface area contributed by atoms with E-state index in [-0.39, 0.29) is 37.1 Å². The summed E-state index contributed by atoms with van der Waals surface area (Å²) in [6, 6.07) is 0. The standard InChI is InChI=1S/C20H32ClFN4O5/c1-11-23-18(31-26-11)17(29)25-19-4-6-20(7-5-19,15(27)9-19)24-16(28)10-30-12-2-3-13(21)14(22)8-12/h11-15,18,23,26-27H,2-10H2,1H3,(H,24,28)(H,25,29)/t11?,12?,13?,14?,15-,18?,19?,20?/m0/s1. The van der Waals surface area contributed by atoms with Gasteiger partial charge in [0.25, 0.3) is 5.91 Å². The van der Waals surface area contributed by atoms with E-state index in [1.807, 2.05) is 6.92 Å². The summed E-state index contributed by atoms with van der Waals surface area (Å²) in [5.41, 5.74) is 1.47. The van der Waals surface area contributed by atoms with Gasteiger partial charge >= 0.3 is 0 Å². The number of ether oxygens (including phenoxy) is 1. The van der Waals surface area contributed by atoms with Crippen molar-refractivity contribution in [3.8, 4) is 0 Å². The minimum Gasteiger partial charge on any atom is -0.391 e. The van der Waals surface area contributed by atoms with Crippen LogP contribution in [-0.2, 0) is 19.2 Å². The van der Waals surface area contributed by atoms with Crippen molar-refractivity contribution in [3.63, 3.8) is 0 Å². The van der Waals surface area contributed by atoms with Gasteiger partial charge in [-0.15, -0.1) is 11.6 Å². The molecular formula is C20H32ClFN4O5. The molecule has 5 rings (SSSR count). The number of aliphatic hydroxyl groups is 1. The van der Waals surface area contributed by atoms with Crippen molar-refractivity contribution >= 4 is 23.4 Å². The van der Waals surface area contributed by atoms with E-state index in [1.54, 1.807) is 0 Å². The van der Waals surface area contributed by atoms with Crippen molar-refractivity contribution < 1.29 is 28.7 Å². The van der Waals surface area contributed by atoms with E-state index in [0.717, 1.165) is 0 Å². The first-order chi connectivity index (χ1) is 14.7. The van der Waals surface area contributed by atoms with Crippen molar-refractivity contribution in [1.82, 2.24) is 21.4 Å². The monoisotopic (exact) mass is 462 g/mol. The first kappa shape index (κ1) is 23.1. The Morgan fingerprint density at radius 1 is 1.26 bits per heavy atom. The van der Waals surface area contributed by atoms with Crippen LogP contribution in [0.1, 0.15) is 58.3 Å². The lowest BCUT2D eigenvalue weighted by molar-refractivity contribution is -0.144. The number of amides is 2. The number of carbonyl (C=O) groups is 2. The molecule has 0 aromatic rings. The van der Waals surface area contributed by atoms with Gasteiger partial charge in [0, 0.05) is 12.0 Å². The van der Waals surface area contributed by atoms with Gasteiger partial charge in [0.1, 0.15) is 12.8 Å². The van der Waals surface area contributed by atoms with E-state index in [9.17, 15) is 19.1 Å². The minimum absolute atomic E-state index is 0.123. The highest BCUT2D eigenvalue weighted by Crippen LogP contribution is 2.47. The van der Waals surface area contributed by atoms with E-state index in [1.165, 1.54) is 0 Å². The Balaban J connectivity index is 1.26. The van der Waals surface area contributed by atoms with Crippen LogP contribution in [0.25, 0.3) is 0 Å². The number of fused-ring (bicyclic) bond motifs is 3. The summed E-state index contributed by atoms with van der Waals surface area (Å²) in [5, 5.41) is 19.3. The summed E-state index contributed by atoms with van der Waals surface area (Å²) >= 11 is 5.89. The lowest BCUT2D eigenvalue weighted by Crippen LogP contribution is -2.71. The van der Waals surface area contributed by atoms with Crippen molar-refractivity contribution in [2.75, 3.05) is 6.61 Å². The average molecular weight is 463 g/mol. The third kappa shape index (κ3) is 4.99. The molecule has 176 valence electrons. The van der Waals surface area contributed by atoms with Gasteiger partial charge in [-0.1, -0.05) is 0 Å². The van der Waals surface area contributed by atoms with Crippen LogP contribution in [0.4, 0.5) is 4.39 Å². The van der Waals surface area contributed by atoms with Crippen molar-refractivity contribution in [3.05, 3.63) is 0 Å². The molecule has 5 aliphatic rings. The Labute approximate surface area is 186 Å². The minimum atomic E-state index is -1.12. The molecule has 0 radical (unpaired) electrons. The van der Waals surface area contributed by atoms with Gasteiger partial charge in [-0.2, -0.15) is 5.48 Å². The Kier molecular flexibility index (Phi) is 6.77. The fourth-order valence-corrected chi connectivity index (χ4v) is 5.51. The number of hydrogen-bond donors (Lipinski definition) is 5. The predicted molar refractivity (Wildman–Crippen MR) is 110 cm³/mol. The molecule has 4 saturated carbocycles. The molecule has 2 amide bonds. The molecule has 0 aromatic heterocycles. The van der Waals surface area contributed by atoms with Crippen molar-refractivity contribution in [2.24, 2.45) is 0 Å². The molecule has 9 nitrogen and oxygen atoms in total. The van der Waals surface area contributed by atoms with Crippen LogP contribution in [0, 0.1) is 0 Å². The van der Waals surface area contributed by atoms with Gasteiger partial charge in [0.2, 0.25) is 12.1 Å². The van der Waals surface area contributed by atoms with E-state index in [0.29, 0.717) is 44.9 Å². The van der Waals surface area contributed by atoms with Crippen LogP contribution in [0.15, 0.2) is 0 Å². The van der Waals surface area contributed by atoms with Crippen LogP contribution >= 0.6 is 11.6 Å². The number of nitrogens with one attached hydrogen (secondary N) is 4. The smallest absolute Gasteiger partial charge is 0.266 e. The molecular weight excluding hydrogens is 431 g/mol. The van der Waals surface area contributed by atoms with E-state index >= 15 is 0 Å². The molecule has 2 bridgehead atoms. The zero-order chi connectivity index (χ0) is 22.2. The molecule has 5 fully saturated rings. The molecule has 31 heavy (non-hydrogen) atoms. The third-order valence-corrected chi connectivity index (χ3v) is 7.69. The van der Waals surface area contributed by atoms with E-state index in [2.05, 4.69) is 21.4 Å². The van der Waals surface area contributed by atoms with Gasteiger partial charge in [-0.05, 0) is 51.9 Å². The molecule has 6 atom stereocenters. The third-order valence-electron chi connectivity index (χ3n) is 7.20. The normalized spacial score (nSPS) is 44.8. The van der Waals surface area contributed by atoms with E-state index in [4.69, 9.17) is 21.2 Å². The van der Waals surface area contributed by atoms with Crippen LogP contribution < -0.4 is 21.4 Å². The first-order valence-corrected chi connectivity index (χ1v) is 11.5. The summed E-state index contributed by atoms with van der Waals surface area (Å²) in [4.78, 5) is 30.3. The quantitative estimate of drug-likeness (QED) is 0.361. The highest BCUT2D eigenvalue weighted by molar-refractivity contribution is 6.21.